The Morgan fingerprint density at radius 2 is 2.06 bits per heavy atom. The lowest BCUT2D eigenvalue weighted by Gasteiger charge is -2.17. The number of hydrogen-bond acceptors (Lipinski definition) is 4. The molecule has 0 unspecified atom stereocenters. The molecule has 1 atom stereocenters. The molecular formula is C11H18N4O2. The van der Waals surface area contributed by atoms with Crippen molar-refractivity contribution >= 4 is 0 Å². The summed E-state index contributed by atoms with van der Waals surface area (Å²) in [4.78, 5) is 25.5. The summed E-state index contributed by atoms with van der Waals surface area (Å²) in [5.41, 5.74) is 6.03. The number of nitrogens with two attached hydrogens (primary N) is 1. The van der Waals surface area contributed by atoms with E-state index in [0.29, 0.717) is 6.54 Å². The maximum atomic E-state index is 11.7. The van der Waals surface area contributed by atoms with Crippen LogP contribution < -0.4 is 17.0 Å². The predicted octanol–water partition coefficient (Wildman–Crippen LogP) is -1.38. The van der Waals surface area contributed by atoms with Gasteiger partial charge in [0, 0.05) is 51.5 Å². The van der Waals surface area contributed by atoms with Gasteiger partial charge in [-0.25, -0.2) is 4.79 Å². The van der Waals surface area contributed by atoms with Crippen molar-refractivity contribution in [1.29, 1.82) is 0 Å². The molecule has 6 heteroatoms. The van der Waals surface area contributed by atoms with Crippen molar-refractivity contribution in [2.24, 2.45) is 19.8 Å². The van der Waals surface area contributed by atoms with Crippen LogP contribution in [0.15, 0.2) is 15.7 Å². The number of hydrogen-bond donors (Lipinski definition) is 1. The van der Waals surface area contributed by atoms with Crippen molar-refractivity contribution in [3.8, 4) is 0 Å². The average Bonchev–Trinajstić information content (AvgIpc) is 2.69. The molecule has 1 saturated heterocycles. The molecule has 0 bridgehead atoms. The average molecular weight is 238 g/mol. The predicted molar refractivity (Wildman–Crippen MR) is 64.8 cm³/mol. The maximum absolute atomic E-state index is 11.7. The highest BCUT2D eigenvalue weighted by Crippen LogP contribution is 2.10. The molecule has 2 heterocycles. The largest absolute Gasteiger partial charge is 0.330 e. The Balaban J connectivity index is 2.28. The first-order chi connectivity index (χ1) is 7.99. The zero-order valence-electron chi connectivity index (χ0n) is 10.2. The van der Waals surface area contributed by atoms with E-state index in [1.54, 1.807) is 7.05 Å². The van der Waals surface area contributed by atoms with Crippen molar-refractivity contribution in [1.82, 2.24) is 14.0 Å². The highest BCUT2D eigenvalue weighted by molar-refractivity contribution is 5.02. The highest BCUT2D eigenvalue weighted by atomic mass is 16.2. The molecule has 1 aromatic heterocycles. The Morgan fingerprint density at radius 3 is 2.65 bits per heavy atom. The molecule has 6 nitrogen and oxygen atoms in total. The minimum Gasteiger partial charge on any atom is -0.326 e. The molecule has 1 fully saturated rings. The molecule has 17 heavy (non-hydrogen) atoms. The van der Waals surface area contributed by atoms with Gasteiger partial charge in [-0.15, -0.1) is 0 Å². The van der Waals surface area contributed by atoms with E-state index in [9.17, 15) is 9.59 Å². The molecule has 0 radical (unpaired) electrons. The summed E-state index contributed by atoms with van der Waals surface area (Å²) in [5, 5.41) is 0. The monoisotopic (exact) mass is 238 g/mol. The van der Waals surface area contributed by atoms with Crippen LogP contribution in [0.5, 0.6) is 0 Å². The van der Waals surface area contributed by atoms with E-state index in [4.69, 9.17) is 5.73 Å². The molecule has 0 aromatic carbocycles. The lowest BCUT2D eigenvalue weighted by atomic mass is 10.3. The van der Waals surface area contributed by atoms with Crippen LogP contribution in [0.3, 0.4) is 0 Å². The lowest BCUT2D eigenvalue weighted by molar-refractivity contribution is 0.316. The van der Waals surface area contributed by atoms with E-state index in [1.165, 1.54) is 17.7 Å². The Morgan fingerprint density at radius 1 is 1.35 bits per heavy atom. The third-order valence-corrected chi connectivity index (χ3v) is 3.32. The van der Waals surface area contributed by atoms with Gasteiger partial charge in [-0.1, -0.05) is 0 Å². The molecule has 94 valence electrons. The minimum absolute atomic E-state index is 0.207. The number of rotatable bonds is 2. The second kappa shape index (κ2) is 4.46. The van der Waals surface area contributed by atoms with Crippen molar-refractivity contribution in [2.45, 2.75) is 19.0 Å². The van der Waals surface area contributed by atoms with Crippen molar-refractivity contribution in [2.75, 3.05) is 13.1 Å². The fraction of sp³-hybridized carbons (Fsp3) is 0.636. The maximum Gasteiger partial charge on any atom is 0.330 e. The quantitative estimate of drug-likeness (QED) is 0.689. The first-order valence-electron chi connectivity index (χ1n) is 5.73. The number of likely N-dealkylation sites (tertiary alicyclic amines) is 1. The van der Waals surface area contributed by atoms with Gasteiger partial charge in [-0.2, -0.15) is 0 Å². The summed E-state index contributed by atoms with van der Waals surface area (Å²) >= 11 is 0. The first kappa shape index (κ1) is 12.1. The summed E-state index contributed by atoms with van der Waals surface area (Å²) in [6.45, 7) is 2.35. The second-order valence-electron chi connectivity index (χ2n) is 4.66. The van der Waals surface area contributed by atoms with Gasteiger partial charge in [-0.3, -0.25) is 18.8 Å². The SMILES string of the molecule is Cn1c(CN2CC[C@H](N)C2)cc(=O)n(C)c1=O. The fourth-order valence-electron chi connectivity index (χ4n) is 2.17. The fourth-order valence-corrected chi connectivity index (χ4v) is 2.17. The van der Waals surface area contributed by atoms with Gasteiger partial charge in [-0.05, 0) is 6.42 Å². The van der Waals surface area contributed by atoms with Gasteiger partial charge in [0.15, 0.2) is 0 Å². The Hall–Kier alpha value is -1.40. The third kappa shape index (κ3) is 2.32. The van der Waals surface area contributed by atoms with Gasteiger partial charge in [0.05, 0.1) is 0 Å². The van der Waals surface area contributed by atoms with Gasteiger partial charge < -0.3 is 5.73 Å². The van der Waals surface area contributed by atoms with Crippen LogP contribution in [0.2, 0.25) is 0 Å². The van der Waals surface area contributed by atoms with E-state index in [0.717, 1.165) is 29.8 Å². The van der Waals surface area contributed by atoms with Crippen molar-refractivity contribution in [3.63, 3.8) is 0 Å². The Kier molecular flexibility index (Phi) is 3.17. The van der Waals surface area contributed by atoms with Gasteiger partial charge in [0.1, 0.15) is 0 Å². The highest BCUT2D eigenvalue weighted by Gasteiger charge is 2.20. The van der Waals surface area contributed by atoms with Crippen LogP contribution in [-0.4, -0.2) is 33.2 Å². The van der Waals surface area contributed by atoms with E-state index in [2.05, 4.69) is 4.90 Å². The van der Waals surface area contributed by atoms with Crippen LogP contribution in [0.4, 0.5) is 0 Å². The normalized spacial score (nSPS) is 21.0. The topological polar surface area (TPSA) is 73.3 Å². The zero-order valence-corrected chi connectivity index (χ0v) is 10.2. The van der Waals surface area contributed by atoms with Gasteiger partial charge in [0.25, 0.3) is 5.56 Å². The lowest BCUT2D eigenvalue weighted by Crippen LogP contribution is -2.39. The number of nitrogens with zero attached hydrogens (tertiary/aromatic N) is 3. The van der Waals surface area contributed by atoms with Crippen molar-refractivity contribution in [3.05, 3.63) is 32.6 Å². The molecule has 1 aliphatic rings. The standard InChI is InChI=1S/C11H18N4O2/c1-13-9(5-10(16)14(2)11(13)17)7-15-4-3-8(12)6-15/h5,8H,3-4,6-7,12H2,1-2H3/t8-/m0/s1. The van der Waals surface area contributed by atoms with Gasteiger partial charge in [0.2, 0.25) is 0 Å². The number of aromatic nitrogens is 2. The zero-order chi connectivity index (χ0) is 12.6. The molecule has 0 aliphatic carbocycles. The first-order valence-corrected chi connectivity index (χ1v) is 5.73. The van der Waals surface area contributed by atoms with Crippen LogP contribution in [0, 0.1) is 0 Å². The molecule has 0 saturated carbocycles. The smallest absolute Gasteiger partial charge is 0.326 e. The summed E-state index contributed by atoms with van der Waals surface area (Å²) in [6, 6.07) is 1.73. The van der Waals surface area contributed by atoms with E-state index in [-0.39, 0.29) is 17.3 Å². The molecule has 2 N–H and O–H groups in total. The van der Waals surface area contributed by atoms with Crippen molar-refractivity contribution < 1.29 is 0 Å². The van der Waals surface area contributed by atoms with Crippen LogP contribution in [0.1, 0.15) is 12.1 Å². The molecular weight excluding hydrogens is 220 g/mol. The van der Waals surface area contributed by atoms with Crippen LogP contribution in [0.25, 0.3) is 0 Å². The summed E-state index contributed by atoms with van der Waals surface area (Å²) in [7, 11) is 3.17. The minimum atomic E-state index is -0.281. The molecule has 2 rings (SSSR count). The summed E-state index contributed by atoms with van der Waals surface area (Å²) in [6.07, 6.45) is 0.971. The van der Waals surface area contributed by atoms with E-state index >= 15 is 0 Å². The van der Waals surface area contributed by atoms with Crippen LogP contribution >= 0.6 is 0 Å². The van der Waals surface area contributed by atoms with E-state index in [1.807, 2.05) is 0 Å². The Bertz CT molecular complexity index is 531. The summed E-state index contributed by atoms with van der Waals surface area (Å²) in [5.74, 6) is 0. The molecule has 1 aliphatic heterocycles. The third-order valence-electron chi connectivity index (χ3n) is 3.32. The van der Waals surface area contributed by atoms with E-state index < -0.39 is 0 Å². The van der Waals surface area contributed by atoms with Crippen LogP contribution in [-0.2, 0) is 20.6 Å². The molecule has 0 amide bonds. The molecule has 1 aromatic rings. The van der Waals surface area contributed by atoms with Gasteiger partial charge >= 0.3 is 5.69 Å². The summed E-state index contributed by atoms with van der Waals surface area (Å²) < 4.78 is 2.63. The Labute approximate surface area is 99.3 Å². The molecule has 0 spiro atoms. The second-order valence-corrected chi connectivity index (χ2v) is 4.66.